The molecule has 1 aromatic carbocycles. The second kappa shape index (κ2) is 10.8. The van der Waals surface area contributed by atoms with E-state index in [9.17, 15) is 9.59 Å². The summed E-state index contributed by atoms with van der Waals surface area (Å²) >= 11 is 3.15. The van der Waals surface area contributed by atoms with Crippen LogP contribution in [-0.2, 0) is 36.1 Å². The second-order valence-corrected chi connectivity index (χ2v) is 12.5. The predicted octanol–water partition coefficient (Wildman–Crippen LogP) is 5.17. The first-order chi connectivity index (χ1) is 18.2. The van der Waals surface area contributed by atoms with E-state index < -0.39 is 5.60 Å². The van der Waals surface area contributed by atoms with Crippen LogP contribution in [0.4, 0.5) is 9.80 Å². The number of fused-ring (bicyclic) bond motifs is 2. The van der Waals surface area contributed by atoms with Crippen LogP contribution in [0.2, 0.25) is 0 Å². The Morgan fingerprint density at radius 3 is 2.74 bits per heavy atom. The van der Waals surface area contributed by atoms with Crippen LogP contribution in [0, 0.1) is 0 Å². The van der Waals surface area contributed by atoms with Crippen molar-refractivity contribution in [2.75, 3.05) is 18.4 Å². The maximum Gasteiger partial charge on any atom is 0.410 e. The first kappa shape index (κ1) is 26.3. The van der Waals surface area contributed by atoms with E-state index in [2.05, 4.69) is 21.8 Å². The lowest BCUT2D eigenvalue weighted by Crippen LogP contribution is -2.39. The first-order valence-electron chi connectivity index (χ1n) is 12.6. The summed E-state index contributed by atoms with van der Waals surface area (Å²) in [6.45, 7) is 7.83. The summed E-state index contributed by atoms with van der Waals surface area (Å²) in [6.07, 6.45) is 4.47. The van der Waals surface area contributed by atoms with Crippen molar-refractivity contribution >= 4 is 49.9 Å². The fourth-order valence-corrected chi connectivity index (χ4v) is 6.76. The van der Waals surface area contributed by atoms with Crippen LogP contribution in [0.25, 0.3) is 20.8 Å². The lowest BCUT2D eigenvalue weighted by atomic mass is 10.0. The molecule has 0 atom stereocenters. The lowest BCUT2D eigenvalue weighted by molar-refractivity contribution is -0.116. The van der Waals surface area contributed by atoms with Gasteiger partial charge in [0, 0.05) is 55.3 Å². The molecule has 5 rings (SSSR count). The third kappa shape index (κ3) is 6.06. The number of hydrogen-bond donors (Lipinski definition) is 2. The summed E-state index contributed by atoms with van der Waals surface area (Å²) in [4.78, 5) is 33.4. The van der Waals surface area contributed by atoms with E-state index in [1.165, 1.54) is 11.3 Å². The molecule has 0 bridgehead atoms. The smallest absolute Gasteiger partial charge is 0.410 e. The average Bonchev–Trinajstić information content (AvgIpc) is 3.56. The molecular weight excluding hydrogens is 520 g/mol. The highest BCUT2D eigenvalue weighted by Gasteiger charge is 2.31. The molecule has 11 heteroatoms. The largest absolute Gasteiger partial charge is 0.444 e. The van der Waals surface area contributed by atoms with Gasteiger partial charge in [-0.05, 0) is 44.9 Å². The number of rotatable bonds is 7. The molecule has 0 spiro atoms. The molecule has 3 aromatic heterocycles. The Morgan fingerprint density at radius 1 is 1.18 bits per heavy atom. The number of thiazole rings is 1. The number of aryl methyl sites for hydroxylation is 1. The summed E-state index contributed by atoms with van der Waals surface area (Å²) in [5.41, 5.74) is 3.59. The standard InChI is InChI=1S/C27H32N6O3S2/c1-27(2,3)36-26(35)33-12-10-18-21(16-33)38-25(23(18)24-30-19-7-5-6-8-20(19)37-24)31-22(34)9-11-28-13-17-14-29-32(4)15-17/h5-8,14-15,28H,9-13,16H2,1-4H3,(H,31,34). The molecular formula is C27H32N6O3S2. The number of amides is 2. The predicted molar refractivity (Wildman–Crippen MR) is 151 cm³/mol. The van der Waals surface area contributed by atoms with E-state index in [1.807, 2.05) is 58.4 Å². The van der Waals surface area contributed by atoms with E-state index in [1.54, 1.807) is 20.9 Å². The Hall–Kier alpha value is -3.28. The molecule has 0 fully saturated rings. The number of thiophene rings is 1. The third-order valence-electron chi connectivity index (χ3n) is 6.09. The van der Waals surface area contributed by atoms with Crippen molar-refractivity contribution < 1.29 is 14.3 Å². The third-order valence-corrected chi connectivity index (χ3v) is 8.27. The molecule has 9 nitrogen and oxygen atoms in total. The second-order valence-electron chi connectivity index (χ2n) is 10.3. The molecule has 2 amide bonds. The van der Waals surface area contributed by atoms with Crippen molar-refractivity contribution in [3.05, 3.63) is 52.7 Å². The highest BCUT2D eigenvalue weighted by Crippen LogP contribution is 2.45. The molecule has 0 aliphatic carbocycles. The minimum absolute atomic E-state index is 0.0614. The van der Waals surface area contributed by atoms with Crippen LogP contribution in [0.1, 0.15) is 43.2 Å². The molecule has 4 heterocycles. The maximum absolute atomic E-state index is 13.0. The SMILES string of the molecule is Cn1cc(CNCCC(=O)Nc2sc3c(c2-c2nc4ccccc4s2)CCN(C(=O)OC(C)(C)C)C3)cn1. The molecule has 0 saturated heterocycles. The van der Waals surface area contributed by atoms with E-state index in [0.29, 0.717) is 39.0 Å². The van der Waals surface area contributed by atoms with E-state index in [0.717, 1.165) is 41.8 Å². The number of hydrogen-bond acceptors (Lipinski definition) is 8. The van der Waals surface area contributed by atoms with Crippen molar-refractivity contribution in [1.29, 1.82) is 0 Å². The van der Waals surface area contributed by atoms with Gasteiger partial charge in [-0.2, -0.15) is 5.10 Å². The number of benzene rings is 1. The molecule has 0 saturated carbocycles. The summed E-state index contributed by atoms with van der Waals surface area (Å²) in [5, 5.41) is 12.3. The van der Waals surface area contributed by atoms with Gasteiger partial charge in [0.05, 0.1) is 23.0 Å². The van der Waals surface area contributed by atoms with Gasteiger partial charge in [0.2, 0.25) is 5.91 Å². The van der Waals surface area contributed by atoms with Crippen LogP contribution in [0.3, 0.4) is 0 Å². The van der Waals surface area contributed by atoms with Crippen molar-refractivity contribution in [2.45, 2.75) is 52.3 Å². The zero-order chi connectivity index (χ0) is 26.9. The Bertz CT molecular complexity index is 1430. The van der Waals surface area contributed by atoms with E-state index in [4.69, 9.17) is 9.72 Å². The van der Waals surface area contributed by atoms with Crippen LogP contribution >= 0.6 is 22.7 Å². The monoisotopic (exact) mass is 552 g/mol. The van der Waals surface area contributed by atoms with Crippen molar-refractivity contribution in [1.82, 2.24) is 25.0 Å². The molecule has 1 aliphatic rings. The van der Waals surface area contributed by atoms with Crippen LogP contribution in [-0.4, -0.2) is 50.4 Å². The average molecular weight is 553 g/mol. The molecule has 0 unspecified atom stereocenters. The quantitative estimate of drug-likeness (QED) is 0.307. The minimum Gasteiger partial charge on any atom is -0.444 e. The number of nitrogens with zero attached hydrogens (tertiary/aromatic N) is 4. The van der Waals surface area contributed by atoms with Gasteiger partial charge >= 0.3 is 6.09 Å². The normalized spacial score (nSPS) is 13.5. The summed E-state index contributed by atoms with van der Waals surface area (Å²) in [7, 11) is 1.88. The highest BCUT2D eigenvalue weighted by atomic mass is 32.1. The molecule has 1 aliphatic heterocycles. The van der Waals surface area contributed by atoms with Crippen LogP contribution in [0.15, 0.2) is 36.7 Å². The molecule has 2 N–H and O–H groups in total. The summed E-state index contributed by atoms with van der Waals surface area (Å²) in [6, 6.07) is 8.05. The van der Waals surface area contributed by atoms with E-state index in [-0.39, 0.29) is 12.0 Å². The zero-order valence-electron chi connectivity index (χ0n) is 22.0. The van der Waals surface area contributed by atoms with Crippen molar-refractivity contribution in [2.24, 2.45) is 7.05 Å². The summed E-state index contributed by atoms with van der Waals surface area (Å²) in [5.74, 6) is -0.0614. The van der Waals surface area contributed by atoms with E-state index >= 15 is 0 Å². The number of ether oxygens (including phenoxy) is 1. The topological polar surface area (TPSA) is 101 Å². The Balaban J connectivity index is 1.35. The summed E-state index contributed by atoms with van der Waals surface area (Å²) < 4.78 is 8.47. The van der Waals surface area contributed by atoms with Gasteiger partial charge in [0.25, 0.3) is 0 Å². The van der Waals surface area contributed by atoms with Crippen molar-refractivity contribution in [3.8, 4) is 10.6 Å². The van der Waals surface area contributed by atoms with Gasteiger partial charge in [0.1, 0.15) is 15.6 Å². The Kier molecular flexibility index (Phi) is 7.51. The van der Waals surface area contributed by atoms with Crippen molar-refractivity contribution in [3.63, 3.8) is 0 Å². The van der Waals surface area contributed by atoms with Gasteiger partial charge in [0.15, 0.2) is 0 Å². The lowest BCUT2D eigenvalue weighted by Gasteiger charge is -2.30. The van der Waals surface area contributed by atoms with Gasteiger partial charge in [-0.3, -0.25) is 9.48 Å². The number of carbonyl (C=O) groups excluding carboxylic acids is 2. The number of carbonyl (C=O) groups is 2. The Labute approximate surface area is 229 Å². The maximum atomic E-state index is 13.0. The number of aromatic nitrogens is 3. The molecule has 4 aromatic rings. The fourth-order valence-electron chi connectivity index (χ4n) is 4.37. The highest BCUT2D eigenvalue weighted by molar-refractivity contribution is 7.22. The van der Waals surface area contributed by atoms with Crippen LogP contribution in [0.5, 0.6) is 0 Å². The molecule has 200 valence electrons. The molecule has 0 radical (unpaired) electrons. The Morgan fingerprint density at radius 2 is 2.00 bits per heavy atom. The van der Waals surface area contributed by atoms with Gasteiger partial charge in [-0.15, -0.1) is 22.7 Å². The van der Waals surface area contributed by atoms with Gasteiger partial charge in [-0.1, -0.05) is 12.1 Å². The van der Waals surface area contributed by atoms with Crippen LogP contribution < -0.4 is 10.6 Å². The first-order valence-corrected chi connectivity index (χ1v) is 14.3. The van der Waals surface area contributed by atoms with Gasteiger partial charge in [-0.25, -0.2) is 9.78 Å². The van der Waals surface area contributed by atoms with Gasteiger partial charge < -0.3 is 20.3 Å². The zero-order valence-corrected chi connectivity index (χ0v) is 23.7. The fraction of sp³-hybridized carbons (Fsp3) is 0.407. The number of para-hydroxylation sites is 1. The number of anilines is 1. The minimum atomic E-state index is -0.552. The molecule has 38 heavy (non-hydrogen) atoms. The number of nitrogens with one attached hydrogen (secondary N) is 2.